The predicted molar refractivity (Wildman–Crippen MR) is 146 cm³/mol. The number of nitrogens with one attached hydrogen (secondary N) is 2. The number of carbonyl (C=O) groups excluding carboxylic acids is 2. The first-order valence-corrected chi connectivity index (χ1v) is 13.8. The Kier molecular flexibility index (Phi) is 8.63. The van der Waals surface area contributed by atoms with Crippen molar-refractivity contribution in [2.24, 2.45) is 0 Å². The van der Waals surface area contributed by atoms with Crippen LogP contribution in [0.5, 0.6) is 0 Å². The van der Waals surface area contributed by atoms with E-state index < -0.39 is 6.04 Å². The number of rotatable bonds is 11. The largest absolute Gasteiger partial charge is 0.340 e. The Morgan fingerprint density at radius 1 is 1.05 bits per heavy atom. The SMILES string of the molecule is CCN1CCN(C(=O)[C@H](CCCN[C@@H]2C[C@H]2c2ccc(F)cc2)NC(=O)c2ccc(-n3ccnn3)cc2)CC1. The number of aromatic nitrogens is 3. The van der Waals surface area contributed by atoms with Crippen LogP contribution in [0.25, 0.3) is 5.69 Å². The highest BCUT2D eigenvalue weighted by atomic mass is 19.1. The van der Waals surface area contributed by atoms with Crippen molar-refractivity contribution in [2.45, 2.75) is 44.2 Å². The first-order valence-electron chi connectivity index (χ1n) is 13.8. The van der Waals surface area contributed by atoms with Crippen LogP contribution >= 0.6 is 0 Å². The van der Waals surface area contributed by atoms with Gasteiger partial charge in [0.1, 0.15) is 11.9 Å². The first-order chi connectivity index (χ1) is 19.0. The molecule has 1 saturated carbocycles. The van der Waals surface area contributed by atoms with Gasteiger partial charge in [-0.1, -0.05) is 24.3 Å². The van der Waals surface area contributed by atoms with Crippen molar-refractivity contribution in [3.63, 3.8) is 0 Å². The maximum absolute atomic E-state index is 13.5. The highest BCUT2D eigenvalue weighted by Gasteiger charge is 2.37. The fourth-order valence-electron chi connectivity index (χ4n) is 5.21. The Morgan fingerprint density at radius 2 is 1.79 bits per heavy atom. The van der Waals surface area contributed by atoms with Crippen LogP contribution in [0, 0.1) is 5.82 Å². The van der Waals surface area contributed by atoms with Crippen LogP contribution in [0.15, 0.2) is 60.9 Å². The standard InChI is InChI=1S/C29H36FN7O2/c1-2-35-16-18-36(19-17-35)29(39)26(4-3-13-31-27-20-25(27)21-5-9-23(30)10-6-21)33-28(38)22-7-11-24(12-8-22)37-15-14-32-34-37/h5-12,14-15,25-27,31H,2-4,13,16-20H2,1H3,(H,33,38)/t25-,26-,27+/m0/s1. The number of hydrogen-bond donors (Lipinski definition) is 2. The summed E-state index contributed by atoms with van der Waals surface area (Å²) < 4.78 is 14.8. The van der Waals surface area contributed by atoms with Crippen LogP contribution in [-0.4, -0.2) is 88.0 Å². The van der Waals surface area contributed by atoms with E-state index in [4.69, 9.17) is 0 Å². The first kappa shape index (κ1) is 27.0. The van der Waals surface area contributed by atoms with Crippen molar-refractivity contribution in [1.82, 2.24) is 35.4 Å². The van der Waals surface area contributed by atoms with Gasteiger partial charge in [0.15, 0.2) is 0 Å². The van der Waals surface area contributed by atoms with Crippen LogP contribution in [0.4, 0.5) is 4.39 Å². The minimum absolute atomic E-state index is 0.0195. The molecule has 1 saturated heterocycles. The molecule has 5 rings (SSSR count). The topological polar surface area (TPSA) is 95.4 Å². The molecule has 39 heavy (non-hydrogen) atoms. The maximum atomic E-state index is 13.5. The van der Waals surface area contributed by atoms with Crippen LogP contribution in [-0.2, 0) is 4.79 Å². The number of carbonyl (C=O) groups is 2. The van der Waals surface area contributed by atoms with E-state index >= 15 is 0 Å². The number of nitrogens with zero attached hydrogens (tertiary/aromatic N) is 5. The Bertz CT molecular complexity index is 1230. The van der Waals surface area contributed by atoms with Gasteiger partial charge in [0, 0.05) is 43.7 Å². The summed E-state index contributed by atoms with van der Waals surface area (Å²) in [7, 11) is 0. The highest BCUT2D eigenvalue weighted by Crippen LogP contribution is 2.40. The molecule has 2 N–H and O–H groups in total. The highest BCUT2D eigenvalue weighted by molar-refractivity contribution is 5.97. The molecule has 9 nitrogen and oxygen atoms in total. The lowest BCUT2D eigenvalue weighted by Crippen LogP contribution is -2.55. The zero-order chi connectivity index (χ0) is 27.2. The molecule has 1 aliphatic heterocycles. The van der Waals surface area contributed by atoms with Gasteiger partial charge < -0.3 is 20.4 Å². The summed E-state index contributed by atoms with van der Waals surface area (Å²) in [6.45, 7) is 6.89. The van der Waals surface area contributed by atoms with E-state index in [1.54, 1.807) is 29.2 Å². The molecule has 2 aliphatic rings. The zero-order valence-electron chi connectivity index (χ0n) is 22.3. The minimum Gasteiger partial charge on any atom is -0.340 e. The molecule has 0 radical (unpaired) electrons. The molecular formula is C29H36FN7O2. The second-order valence-electron chi connectivity index (χ2n) is 10.3. The van der Waals surface area contributed by atoms with Gasteiger partial charge in [0.25, 0.3) is 5.91 Å². The number of likely N-dealkylation sites (N-methyl/N-ethyl adjacent to an activating group) is 1. The summed E-state index contributed by atoms with van der Waals surface area (Å²) in [6, 6.07) is 13.6. The predicted octanol–water partition coefficient (Wildman–Crippen LogP) is 2.59. The van der Waals surface area contributed by atoms with E-state index in [-0.39, 0.29) is 17.6 Å². The lowest BCUT2D eigenvalue weighted by Gasteiger charge is -2.36. The molecule has 1 aromatic heterocycles. The smallest absolute Gasteiger partial charge is 0.251 e. The van der Waals surface area contributed by atoms with Gasteiger partial charge >= 0.3 is 0 Å². The third kappa shape index (κ3) is 6.88. The van der Waals surface area contributed by atoms with E-state index in [1.165, 1.54) is 12.1 Å². The molecule has 2 fully saturated rings. The number of amides is 2. The Labute approximate surface area is 228 Å². The lowest BCUT2D eigenvalue weighted by atomic mass is 10.1. The lowest BCUT2D eigenvalue weighted by molar-refractivity contribution is -0.135. The van der Waals surface area contributed by atoms with Crippen molar-refractivity contribution in [3.8, 4) is 5.69 Å². The fraction of sp³-hybridized carbons (Fsp3) is 0.448. The molecule has 0 spiro atoms. The van der Waals surface area contributed by atoms with E-state index in [1.807, 2.05) is 29.2 Å². The zero-order valence-corrected chi connectivity index (χ0v) is 22.3. The normalized spacial score (nSPS) is 20.0. The summed E-state index contributed by atoms with van der Waals surface area (Å²) in [5.74, 6) is -0.104. The van der Waals surface area contributed by atoms with Crippen molar-refractivity contribution >= 4 is 11.8 Å². The number of hydrogen-bond acceptors (Lipinski definition) is 6. The summed E-state index contributed by atoms with van der Waals surface area (Å²) in [6.07, 6.45) is 5.66. The molecule has 2 amide bonds. The van der Waals surface area contributed by atoms with Crippen LogP contribution < -0.4 is 10.6 Å². The van der Waals surface area contributed by atoms with Gasteiger partial charge in [-0.05, 0) is 74.3 Å². The number of benzene rings is 2. The Morgan fingerprint density at radius 3 is 2.46 bits per heavy atom. The quantitative estimate of drug-likeness (QED) is 0.368. The van der Waals surface area contributed by atoms with E-state index in [0.717, 1.165) is 50.3 Å². The minimum atomic E-state index is -0.588. The molecule has 10 heteroatoms. The van der Waals surface area contributed by atoms with Crippen molar-refractivity contribution in [1.29, 1.82) is 0 Å². The van der Waals surface area contributed by atoms with Crippen molar-refractivity contribution < 1.29 is 14.0 Å². The maximum Gasteiger partial charge on any atom is 0.251 e. The van der Waals surface area contributed by atoms with Gasteiger partial charge in [-0.25, -0.2) is 9.07 Å². The Hall–Kier alpha value is -3.63. The third-order valence-corrected chi connectivity index (χ3v) is 7.72. The molecule has 1 aliphatic carbocycles. The molecule has 2 aromatic carbocycles. The van der Waals surface area contributed by atoms with E-state index in [0.29, 0.717) is 37.0 Å². The van der Waals surface area contributed by atoms with Gasteiger partial charge in [-0.15, -0.1) is 5.10 Å². The molecule has 0 unspecified atom stereocenters. The average Bonchev–Trinajstić information content (AvgIpc) is 3.53. The van der Waals surface area contributed by atoms with Crippen molar-refractivity contribution in [3.05, 3.63) is 77.9 Å². The third-order valence-electron chi connectivity index (χ3n) is 7.72. The second kappa shape index (κ2) is 12.5. The number of halogens is 1. The average molecular weight is 534 g/mol. The summed E-state index contributed by atoms with van der Waals surface area (Å²) in [4.78, 5) is 30.8. The molecule has 3 aromatic rings. The van der Waals surface area contributed by atoms with Gasteiger partial charge in [0.05, 0.1) is 18.1 Å². The van der Waals surface area contributed by atoms with Gasteiger partial charge in [-0.3, -0.25) is 9.59 Å². The van der Waals surface area contributed by atoms with Gasteiger partial charge in [-0.2, -0.15) is 0 Å². The molecule has 0 bridgehead atoms. The number of piperazine rings is 1. The molecule has 3 atom stereocenters. The van der Waals surface area contributed by atoms with Crippen molar-refractivity contribution in [2.75, 3.05) is 39.3 Å². The van der Waals surface area contributed by atoms with E-state index in [9.17, 15) is 14.0 Å². The fourth-order valence-corrected chi connectivity index (χ4v) is 5.21. The van der Waals surface area contributed by atoms with E-state index in [2.05, 4.69) is 32.8 Å². The summed E-state index contributed by atoms with van der Waals surface area (Å²) >= 11 is 0. The van der Waals surface area contributed by atoms with Crippen LogP contribution in [0.1, 0.15) is 48.0 Å². The summed E-state index contributed by atoms with van der Waals surface area (Å²) in [5.41, 5.74) is 2.44. The molecular weight excluding hydrogens is 497 g/mol. The monoisotopic (exact) mass is 533 g/mol. The van der Waals surface area contributed by atoms with Crippen LogP contribution in [0.2, 0.25) is 0 Å². The van der Waals surface area contributed by atoms with Crippen LogP contribution in [0.3, 0.4) is 0 Å². The van der Waals surface area contributed by atoms with Gasteiger partial charge in [0.2, 0.25) is 5.91 Å². The molecule has 206 valence electrons. The Balaban J connectivity index is 1.17. The molecule has 2 heterocycles. The second-order valence-corrected chi connectivity index (χ2v) is 10.3. The summed E-state index contributed by atoms with van der Waals surface area (Å²) in [5, 5.41) is 14.4.